The number of rotatable bonds is 3. The van der Waals surface area contributed by atoms with E-state index in [1.54, 1.807) is 25.2 Å². The summed E-state index contributed by atoms with van der Waals surface area (Å²) < 4.78 is 0.777. The summed E-state index contributed by atoms with van der Waals surface area (Å²) in [5, 5.41) is 7.26. The Balaban J connectivity index is 2.20. The van der Waals surface area contributed by atoms with E-state index in [0.29, 0.717) is 16.1 Å². The summed E-state index contributed by atoms with van der Waals surface area (Å²) in [5.74, 6) is -0.311. The zero-order valence-corrected chi connectivity index (χ0v) is 13.4. The number of amides is 2. The monoisotopic (exact) mass is 352 g/mol. The average Bonchev–Trinajstić information content (AvgIpc) is 2.86. The first-order chi connectivity index (χ1) is 9.52. The number of aryl methyl sites for hydroxylation is 1. The normalized spacial score (nSPS) is 10.2. The van der Waals surface area contributed by atoms with Crippen molar-refractivity contribution in [2.45, 2.75) is 6.92 Å². The van der Waals surface area contributed by atoms with Crippen LogP contribution in [0.4, 0.5) is 5.69 Å². The van der Waals surface area contributed by atoms with Gasteiger partial charge in [-0.1, -0.05) is 0 Å². The molecule has 0 atom stereocenters. The Morgan fingerprint density at radius 1 is 1.20 bits per heavy atom. The predicted octanol–water partition coefficient (Wildman–Crippen LogP) is 3.43. The molecular weight excluding hydrogens is 340 g/mol. The first kappa shape index (κ1) is 14.7. The molecule has 0 saturated carbocycles. The minimum Gasteiger partial charge on any atom is -0.355 e. The lowest BCUT2D eigenvalue weighted by molar-refractivity contribution is 0.0962. The molecule has 0 spiro atoms. The van der Waals surface area contributed by atoms with Gasteiger partial charge in [-0.25, -0.2) is 0 Å². The van der Waals surface area contributed by atoms with Crippen molar-refractivity contribution >= 4 is 44.8 Å². The maximum absolute atomic E-state index is 12.1. The number of halogens is 1. The molecule has 2 amide bonds. The zero-order valence-electron chi connectivity index (χ0n) is 11.0. The van der Waals surface area contributed by atoms with Crippen molar-refractivity contribution in [3.05, 3.63) is 50.1 Å². The Labute approximate surface area is 129 Å². The molecule has 4 nitrogen and oxygen atoms in total. The zero-order chi connectivity index (χ0) is 14.7. The third-order valence-corrected chi connectivity index (χ3v) is 4.62. The lowest BCUT2D eigenvalue weighted by Gasteiger charge is -2.09. The highest BCUT2D eigenvalue weighted by Gasteiger charge is 2.13. The maximum Gasteiger partial charge on any atom is 0.266 e. The highest BCUT2D eigenvalue weighted by molar-refractivity contribution is 9.10. The van der Waals surface area contributed by atoms with Gasteiger partial charge in [0.15, 0.2) is 0 Å². The molecule has 0 aliphatic heterocycles. The molecule has 2 N–H and O–H groups in total. The Morgan fingerprint density at radius 3 is 2.50 bits per heavy atom. The third kappa shape index (κ3) is 3.08. The molecule has 2 aromatic rings. The summed E-state index contributed by atoms with van der Waals surface area (Å²) in [6.45, 7) is 1.85. The molecule has 0 fully saturated rings. The number of anilines is 1. The van der Waals surface area contributed by atoms with Crippen molar-refractivity contribution < 1.29 is 9.59 Å². The van der Waals surface area contributed by atoms with Crippen LogP contribution in [-0.4, -0.2) is 18.9 Å². The number of hydrogen-bond donors (Lipinski definition) is 2. The smallest absolute Gasteiger partial charge is 0.266 e. The minimum absolute atomic E-state index is 0.146. The van der Waals surface area contributed by atoms with Crippen LogP contribution >= 0.6 is 27.3 Å². The molecule has 2 rings (SSSR count). The van der Waals surface area contributed by atoms with Crippen molar-refractivity contribution in [2.24, 2.45) is 0 Å². The van der Waals surface area contributed by atoms with Gasteiger partial charge < -0.3 is 10.6 Å². The second-order valence-electron chi connectivity index (χ2n) is 4.16. The topological polar surface area (TPSA) is 58.2 Å². The van der Waals surface area contributed by atoms with Crippen molar-refractivity contribution in [1.29, 1.82) is 0 Å². The first-order valence-electron chi connectivity index (χ1n) is 5.90. The Morgan fingerprint density at radius 2 is 1.95 bits per heavy atom. The van der Waals surface area contributed by atoms with Crippen LogP contribution in [-0.2, 0) is 0 Å². The summed E-state index contributed by atoms with van der Waals surface area (Å²) in [6, 6.07) is 7.00. The van der Waals surface area contributed by atoms with Crippen molar-refractivity contribution in [3.8, 4) is 0 Å². The molecule has 0 aliphatic carbocycles. The Bertz CT molecular complexity index is 667. The van der Waals surface area contributed by atoms with E-state index in [9.17, 15) is 9.59 Å². The summed E-state index contributed by atoms with van der Waals surface area (Å²) in [6.07, 6.45) is 0. The molecule has 6 heteroatoms. The van der Waals surface area contributed by atoms with E-state index in [2.05, 4.69) is 26.6 Å². The third-order valence-electron chi connectivity index (χ3n) is 2.79. The van der Waals surface area contributed by atoms with Crippen LogP contribution in [0.25, 0.3) is 0 Å². The number of carbonyl (C=O) groups excluding carboxylic acids is 2. The van der Waals surface area contributed by atoms with E-state index in [-0.39, 0.29) is 11.8 Å². The van der Waals surface area contributed by atoms with Crippen LogP contribution in [0, 0.1) is 6.92 Å². The number of hydrogen-bond acceptors (Lipinski definition) is 3. The number of thiophene rings is 1. The lowest BCUT2D eigenvalue weighted by atomic mass is 10.1. The van der Waals surface area contributed by atoms with Gasteiger partial charge in [0.1, 0.15) is 4.88 Å². The lowest BCUT2D eigenvalue weighted by Crippen LogP contribution is -2.18. The van der Waals surface area contributed by atoms with Crippen LogP contribution in [0.5, 0.6) is 0 Å². The van der Waals surface area contributed by atoms with E-state index in [1.807, 2.05) is 18.4 Å². The van der Waals surface area contributed by atoms with E-state index < -0.39 is 0 Å². The molecule has 0 bridgehead atoms. The molecular formula is C14H13BrN2O2S. The first-order valence-corrected chi connectivity index (χ1v) is 7.57. The van der Waals surface area contributed by atoms with Crippen molar-refractivity contribution in [2.75, 3.05) is 12.4 Å². The standard InChI is InChI=1S/C14H13BrN2O2S/c1-8-7-9(13(18)16-2)3-4-11(8)17-14(19)12-10(15)5-6-20-12/h3-7H,1-2H3,(H,16,18)(H,17,19). The molecule has 104 valence electrons. The van der Waals surface area contributed by atoms with E-state index in [1.165, 1.54) is 11.3 Å². The van der Waals surface area contributed by atoms with E-state index in [4.69, 9.17) is 0 Å². The van der Waals surface area contributed by atoms with Crippen LogP contribution in [0.3, 0.4) is 0 Å². The molecule has 20 heavy (non-hydrogen) atoms. The summed E-state index contributed by atoms with van der Waals surface area (Å²) in [4.78, 5) is 24.3. The predicted molar refractivity (Wildman–Crippen MR) is 84.5 cm³/mol. The van der Waals surface area contributed by atoms with Gasteiger partial charge in [-0.05, 0) is 58.1 Å². The van der Waals surface area contributed by atoms with Gasteiger partial charge >= 0.3 is 0 Å². The Kier molecular flexibility index (Phi) is 4.57. The number of nitrogens with one attached hydrogen (secondary N) is 2. The quantitative estimate of drug-likeness (QED) is 0.888. The van der Waals surface area contributed by atoms with Crippen molar-refractivity contribution in [3.63, 3.8) is 0 Å². The fourth-order valence-electron chi connectivity index (χ4n) is 1.72. The fraction of sp³-hybridized carbons (Fsp3) is 0.143. The molecule has 1 aromatic heterocycles. The molecule has 0 radical (unpaired) electrons. The molecule has 1 heterocycles. The van der Waals surface area contributed by atoms with Gasteiger partial charge in [0, 0.05) is 22.8 Å². The number of carbonyl (C=O) groups is 2. The van der Waals surface area contributed by atoms with Gasteiger partial charge in [-0.15, -0.1) is 11.3 Å². The number of benzene rings is 1. The van der Waals surface area contributed by atoms with Crippen LogP contribution in [0.15, 0.2) is 34.1 Å². The highest BCUT2D eigenvalue weighted by atomic mass is 79.9. The Hall–Kier alpha value is -1.66. The molecule has 1 aromatic carbocycles. The molecule has 0 aliphatic rings. The average molecular weight is 353 g/mol. The summed E-state index contributed by atoms with van der Waals surface area (Å²) >= 11 is 4.71. The largest absolute Gasteiger partial charge is 0.355 e. The second kappa shape index (κ2) is 6.19. The van der Waals surface area contributed by atoms with Gasteiger partial charge in [0.05, 0.1) is 0 Å². The summed E-state index contributed by atoms with van der Waals surface area (Å²) in [7, 11) is 1.58. The molecule has 0 saturated heterocycles. The minimum atomic E-state index is -0.164. The van der Waals surface area contributed by atoms with Crippen LogP contribution in [0.1, 0.15) is 25.6 Å². The van der Waals surface area contributed by atoms with E-state index >= 15 is 0 Å². The molecule has 0 unspecified atom stereocenters. The second-order valence-corrected chi connectivity index (χ2v) is 5.93. The highest BCUT2D eigenvalue weighted by Crippen LogP contribution is 2.25. The maximum atomic E-state index is 12.1. The van der Waals surface area contributed by atoms with Crippen LogP contribution < -0.4 is 10.6 Å². The van der Waals surface area contributed by atoms with Gasteiger partial charge in [0.25, 0.3) is 11.8 Å². The van der Waals surface area contributed by atoms with Crippen molar-refractivity contribution in [1.82, 2.24) is 5.32 Å². The van der Waals surface area contributed by atoms with Crippen LogP contribution in [0.2, 0.25) is 0 Å². The summed E-state index contributed by atoms with van der Waals surface area (Å²) in [5.41, 5.74) is 2.11. The van der Waals surface area contributed by atoms with Gasteiger partial charge in [-0.3, -0.25) is 9.59 Å². The SMILES string of the molecule is CNC(=O)c1ccc(NC(=O)c2sccc2Br)c(C)c1. The van der Waals surface area contributed by atoms with Gasteiger partial charge in [0.2, 0.25) is 0 Å². The fourth-order valence-corrected chi connectivity index (χ4v) is 3.17. The van der Waals surface area contributed by atoms with Gasteiger partial charge in [-0.2, -0.15) is 0 Å². The van der Waals surface area contributed by atoms with E-state index in [0.717, 1.165) is 10.0 Å².